The maximum Gasteiger partial charge on any atom is 0.117 e. The van der Waals surface area contributed by atoms with Crippen LogP contribution in [0.25, 0.3) is 0 Å². The average Bonchev–Trinajstić information content (AvgIpc) is 2.41. The van der Waals surface area contributed by atoms with Gasteiger partial charge in [0.25, 0.3) is 0 Å². The van der Waals surface area contributed by atoms with Gasteiger partial charge < -0.3 is 15.7 Å². The maximum atomic E-state index is 9.62. The molecule has 2 aromatic rings. The summed E-state index contributed by atoms with van der Waals surface area (Å²) in [5.41, 5.74) is 8.38. The highest BCUT2D eigenvalue weighted by atomic mass is 79.9. The van der Waals surface area contributed by atoms with Crippen molar-refractivity contribution in [2.75, 3.05) is 11.4 Å². The molecule has 0 unspecified atom stereocenters. The SMILES string of the molecule is CCN(c1cccc(O)c1)c1ccc(C(N)=S)cc1Br. The van der Waals surface area contributed by atoms with E-state index in [0.717, 1.165) is 28.0 Å². The summed E-state index contributed by atoms with van der Waals surface area (Å²) in [4.78, 5) is 2.46. The Morgan fingerprint density at radius 3 is 2.60 bits per heavy atom. The van der Waals surface area contributed by atoms with Gasteiger partial charge in [0, 0.05) is 28.3 Å². The number of hydrogen-bond acceptors (Lipinski definition) is 3. The Balaban J connectivity index is 2.44. The number of halogens is 1. The molecule has 0 saturated carbocycles. The quantitative estimate of drug-likeness (QED) is 0.819. The Bertz CT molecular complexity index is 646. The molecule has 0 aliphatic heterocycles. The van der Waals surface area contributed by atoms with E-state index in [9.17, 15) is 5.11 Å². The van der Waals surface area contributed by atoms with Gasteiger partial charge in [0.1, 0.15) is 10.7 Å². The van der Waals surface area contributed by atoms with Crippen LogP contribution in [-0.4, -0.2) is 16.6 Å². The minimum Gasteiger partial charge on any atom is -0.508 e. The Hall–Kier alpha value is -1.59. The topological polar surface area (TPSA) is 49.5 Å². The molecule has 0 heterocycles. The molecule has 2 rings (SSSR count). The van der Waals surface area contributed by atoms with Crippen molar-refractivity contribution < 1.29 is 5.11 Å². The number of anilines is 2. The third-order valence-corrected chi connectivity index (χ3v) is 3.85. The molecule has 104 valence electrons. The van der Waals surface area contributed by atoms with Gasteiger partial charge in [0.05, 0.1) is 5.69 Å². The molecule has 0 aromatic heterocycles. The fourth-order valence-electron chi connectivity index (χ4n) is 2.03. The third kappa shape index (κ3) is 3.11. The number of nitrogens with two attached hydrogens (primary N) is 1. The predicted molar refractivity (Wildman–Crippen MR) is 90.8 cm³/mol. The molecule has 0 aliphatic carbocycles. The zero-order valence-electron chi connectivity index (χ0n) is 11.0. The van der Waals surface area contributed by atoms with Crippen LogP contribution in [0.4, 0.5) is 11.4 Å². The van der Waals surface area contributed by atoms with Crippen molar-refractivity contribution in [3.05, 3.63) is 52.5 Å². The summed E-state index contributed by atoms with van der Waals surface area (Å²) in [5, 5.41) is 9.62. The summed E-state index contributed by atoms with van der Waals surface area (Å²) in [6.07, 6.45) is 0. The van der Waals surface area contributed by atoms with Crippen molar-refractivity contribution in [3.8, 4) is 5.75 Å². The zero-order chi connectivity index (χ0) is 14.7. The molecule has 0 aliphatic rings. The van der Waals surface area contributed by atoms with Crippen LogP contribution < -0.4 is 10.6 Å². The van der Waals surface area contributed by atoms with Crippen molar-refractivity contribution in [1.82, 2.24) is 0 Å². The number of nitrogens with zero attached hydrogens (tertiary/aromatic N) is 1. The molecule has 0 spiro atoms. The summed E-state index contributed by atoms with van der Waals surface area (Å²) < 4.78 is 0.910. The Morgan fingerprint density at radius 2 is 2.05 bits per heavy atom. The second-order valence-corrected chi connectivity index (χ2v) is 5.59. The van der Waals surface area contributed by atoms with E-state index in [0.29, 0.717) is 4.99 Å². The van der Waals surface area contributed by atoms with Gasteiger partial charge in [-0.25, -0.2) is 0 Å². The summed E-state index contributed by atoms with van der Waals surface area (Å²) in [6, 6.07) is 12.9. The largest absolute Gasteiger partial charge is 0.508 e. The van der Waals surface area contributed by atoms with Gasteiger partial charge in [0.2, 0.25) is 0 Å². The Morgan fingerprint density at radius 1 is 1.30 bits per heavy atom. The van der Waals surface area contributed by atoms with Crippen LogP contribution in [0.5, 0.6) is 5.75 Å². The summed E-state index contributed by atoms with van der Waals surface area (Å²) in [7, 11) is 0. The molecule has 0 fully saturated rings. The molecule has 3 N–H and O–H groups in total. The van der Waals surface area contributed by atoms with E-state index in [4.69, 9.17) is 18.0 Å². The maximum absolute atomic E-state index is 9.62. The average molecular weight is 351 g/mol. The number of aromatic hydroxyl groups is 1. The van der Waals surface area contributed by atoms with Gasteiger partial charge in [-0.15, -0.1) is 0 Å². The minimum absolute atomic E-state index is 0.247. The number of rotatable bonds is 4. The normalized spacial score (nSPS) is 10.3. The van der Waals surface area contributed by atoms with Gasteiger partial charge >= 0.3 is 0 Å². The van der Waals surface area contributed by atoms with Crippen LogP contribution in [-0.2, 0) is 0 Å². The first-order valence-electron chi connectivity index (χ1n) is 6.19. The van der Waals surface area contributed by atoms with E-state index in [1.165, 1.54) is 0 Å². The first kappa shape index (κ1) is 14.8. The predicted octanol–water partition coefficient (Wildman–Crippen LogP) is 3.95. The second kappa shape index (κ2) is 6.24. The lowest BCUT2D eigenvalue weighted by atomic mass is 10.1. The van der Waals surface area contributed by atoms with E-state index in [1.54, 1.807) is 12.1 Å². The number of hydrogen-bond donors (Lipinski definition) is 2. The smallest absolute Gasteiger partial charge is 0.117 e. The Labute approximate surface area is 132 Å². The molecular weight excluding hydrogens is 336 g/mol. The summed E-state index contributed by atoms with van der Waals surface area (Å²) in [6.45, 7) is 2.83. The lowest BCUT2D eigenvalue weighted by molar-refractivity contribution is 0.475. The van der Waals surface area contributed by atoms with Crippen molar-refractivity contribution >= 4 is 44.5 Å². The van der Waals surface area contributed by atoms with Gasteiger partial charge in [-0.1, -0.05) is 18.3 Å². The molecule has 3 nitrogen and oxygen atoms in total. The molecule has 0 saturated heterocycles. The molecule has 0 amide bonds. The van der Waals surface area contributed by atoms with Gasteiger partial charge in [-0.3, -0.25) is 0 Å². The molecular formula is C15H15BrN2OS. The molecule has 2 aromatic carbocycles. The van der Waals surface area contributed by atoms with E-state index in [2.05, 4.69) is 27.8 Å². The van der Waals surface area contributed by atoms with Crippen molar-refractivity contribution in [1.29, 1.82) is 0 Å². The lowest BCUT2D eigenvalue weighted by Crippen LogP contribution is -2.17. The number of thiocarbonyl (C=S) groups is 1. The van der Waals surface area contributed by atoms with Crippen LogP contribution in [0.15, 0.2) is 46.9 Å². The second-order valence-electron chi connectivity index (χ2n) is 4.29. The lowest BCUT2D eigenvalue weighted by Gasteiger charge is -2.25. The van der Waals surface area contributed by atoms with Gasteiger partial charge in [-0.05, 0) is 53.2 Å². The van der Waals surface area contributed by atoms with Crippen LogP contribution in [0, 0.1) is 0 Å². The summed E-state index contributed by atoms with van der Waals surface area (Å²) >= 11 is 8.53. The van der Waals surface area contributed by atoms with Crippen LogP contribution in [0.1, 0.15) is 12.5 Å². The van der Waals surface area contributed by atoms with E-state index in [1.807, 2.05) is 30.3 Å². The molecule has 0 bridgehead atoms. The first-order valence-corrected chi connectivity index (χ1v) is 7.39. The molecule has 20 heavy (non-hydrogen) atoms. The van der Waals surface area contributed by atoms with E-state index < -0.39 is 0 Å². The van der Waals surface area contributed by atoms with E-state index >= 15 is 0 Å². The van der Waals surface area contributed by atoms with Crippen LogP contribution >= 0.6 is 28.1 Å². The molecule has 5 heteroatoms. The standard InChI is InChI=1S/C15H15BrN2OS/c1-2-18(11-4-3-5-12(19)9-11)14-7-6-10(15(17)20)8-13(14)16/h3-9,19H,2H2,1H3,(H2,17,20). The van der Waals surface area contributed by atoms with Gasteiger partial charge in [0.15, 0.2) is 0 Å². The summed E-state index contributed by atoms with van der Waals surface area (Å²) in [5.74, 6) is 0.247. The van der Waals surface area contributed by atoms with E-state index in [-0.39, 0.29) is 5.75 Å². The first-order chi connectivity index (χ1) is 9.52. The van der Waals surface area contributed by atoms with Crippen LogP contribution in [0.2, 0.25) is 0 Å². The number of phenols is 1. The number of benzene rings is 2. The minimum atomic E-state index is 0.247. The van der Waals surface area contributed by atoms with Crippen molar-refractivity contribution in [2.24, 2.45) is 5.73 Å². The van der Waals surface area contributed by atoms with Crippen LogP contribution in [0.3, 0.4) is 0 Å². The van der Waals surface area contributed by atoms with Crippen molar-refractivity contribution in [2.45, 2.75) is 6.92 Å². The Kier molecular flexibility index (Phi) is 4.62. The monoisotopic (exact) mass is 350 g/mol. The molecule has 0 atom stereocenters. The van der Waals surface area contributed by atoms with Crippen molar-refractivity contribution in [3.63, 3.8) is 0 Å². The molecule has 0 radical (unpaired) electrons. The highest BCUT2D eigenvalue weighted by Crippen LogP contribution is 2.33. The highest BCUT2D eigenvalue weighted by Gasteiger charge is 2.12. The fraction of sp³-hybridized carbons (Fsp3) is 0.133. The number of phenolic OH excluding ortho intramolecular Hbond substituents is 1. The van der Waals surface area contributed by atoms with Gasteiger partial charge in [-0.2, -0.15) is 0 Å². The highest BCUT2D eigenvalue weighted by molar-refractivity contribution is 9.10. The third-order valence-electron chi connectivity index (χ3n) is 2.98. The fourth-order valence-corrected chi connectivity index (χ4v) is 2.75. The zero-order valence-corrected chi connectivity index (χ0v) is 13.4.